The van der Waals surface area contributed by atoms with Crippen LogP contribution in [0.2, 0.25) is 0 Å². The van der Waals surface area contributed by atoms with Crippen LogP contribution in [0.15, 0.2) is 30.3 Å². The lowest BCUT2D eigenvalue weighted by Crippen LogP contribution is -2.37. The first-order valence-electron chi connectivity index (χ1n) is 6.08. The molecule has 2 rings (SSSR count). The van der Waals surface area contributed by atoms with Gasteiger partial charge in [0.25, 0.3) is 0 Å². The van der Waals surface area contributed by atoms with Gasteiger partial charge in [0.05, 0.1) is 6.07 Å². The van der Waals surface area contributed by atoms with Gasteiger partial charge < -0.3 is 5.32 Å². The fourth-order valence-electron chi connectivity index (χ4n) is 2.10. The largest absolute Gasteiger partial charge is 0.307 e. The zero-order chi connectivity index (χ0) is 11.2. The van der Waals surface area contributed by atoms with Gasteiger partial charge in [-0.05, 0) is 24.8 Å². The molecule has 1 unspecified atom stereocenters. The minimum atomic E-state index is 0.353. The number of hydrogen-bond donors (Lipinski definition) is 1. The number of benzene rings is 1. The molecule has 0 aliphatic heterocycles. The van der Waals surface area contributed by atoms with Crippen LogP contribution in [0.3, 0.4) is 0 Å². The first kappa shape index (κ1) is 11.2. The van der Waals surface area contributed by atoms with Crippen molar-refractivity contribution in [2.24, 2.45) is 0 Å². The zero-order valence-electron chi connectivity index (χ0n) is 9.52. The van der Waals surface area contributed by atoms with Gasteiger partial charge >= 0.3 is 0 Å². The molecule has 0 heterocycles. The van der Waals surface area contributed by atoms with Crippen LogP contribution in [-0.4, -0.2) is 6.04 Å². The monoisotopic (exact) mass is 214 g/mol. The topological polar surface area (TPSA) is 35.8 Å². The SMILES string of the molecule is N#CCCC(NC1CCC1)c1ccccc1. The molecule has 1 N–H and O–H groups in total. The Morgan fingerprint density at radius 3 is 2.62 bits per heavy atom. The summed E-state index contributed by atoms with van der Waals surface area (Å²) < 4.78 is 0. The number of nitrogens with one attached hydrogen (secondary N) is 1. The first-order chi connectivity index (χ1) is 7.90. The van der Waals surface area contributed by atoms with E-state index in [9.17, 15) is 0 Å². The van der Waals surface area contributed by atoms with Gasteiger partial charge in [-0.2, -0.15) is 5.26 Å². The van der Waals surface area contributed by atoms with E-state index in [0.29, 0.717) is 18.5 Å². The smallest absolute Gasteiger partial charge is 0.0622 e. The van der Waals surface area contributed by atoms with E-state index in [-0.39, 0.29) is 0 Å². The second kappa shape index (κ2) is 5.67. The molecule has 1 atom stereocenters. The summed E-state index contributed by atoms with van der Waals surface area (Å²) in [5.74, 6) is 0. The number of nitriles is 1. The Balaban J connectivity index is 1.98. The van der Waals surface area contributed by atoms with Crippen LogP contribution in [0, 0.1) is 11.3 Å². The number of hydrogen-bond acceptors (Lipinski definition) is 2. The van der Waals surface area contributed by atoms with Crippen molar-refractivity contribution in [3.05, 3.63) is 35.9 Å². The van der Waals surface area contributed by atoms with Crippen molar-refractivity contribution in [3.8, 4) is 6.07 Å². The van der Waals surface area contributed by atoms with Crippen LogP contribution in [0.4, 0.5) is 0 Å². The third-order valence-electron chi connectivity index (χ3n) is 3.29. The van der Waals surface area contributed by atoms with E-state index < -0.39 is 0 Å². The summed E-state index contributed by atoms with van der Waals surface area (Å²) in [5, 5.41) is 12.3. The molecule has 2 nitrogen and oxygen atoms in total. The molecular formula is C14H18N2. The van der Waals surface area contributed by atoms with Gasteiger partial charge in [0.1, 0.15) is 0 Å². The van der Waals surface area contributed by atoms with Crippen molar-refractivity contribution >= 4 is 0 Å². The molecule has 0 saturated heterocycles. The standard InChI is InChI=1S/C14H18N2/c15-11-5-10-14(16-13-8-4-9-13)12-6-2-1-3-7-12/h1-3,6-7,13-14,16H,4-5,8-10H2. The Morgan fingerprint density at radius 1 is 1.31 bits per heavy atom. The van der Waals surface area contributed by atoms with Crippen molar-refractivity contribution in [2.75, 3.05) is 0 Å². The lowest BCUT2D eigenvalue weighted by molar-refractivity contribution is 0.299. The van der Waals surface area contributed by atoms with Gasteiger partial charge in [0.15, 0.2) is 0 Å². The van der Waals surface area contributed by atoms with Crippen molar-refractivity contribution in [1.82, 2.24) is 5.32 Å². The summed E-state index contributed by atoms with van der Waals surface area (Å²) in [6.07, 6.45) is 5.46. The molecule has 1 aliphatic carbocycles. The summed E-state index contributed by atoms with van der Waals surface area (Å²) in [4.78, 5) is 0. The summed E-state index contributed by atoms with van der Waals surface area (Å²) >= 11 is 0. The van der Waals surface area contributed by atoms with Gasteiger partial charge in [-0.15, -0.1) is 0 Å². The zero-order valence-corrected chi connectivity index (χ0v) is 9.52. The molecule has 1 aromatic rings. The van der Waals surface area contributed by atoms with Crippen LogP contribution in [0.25, 0.3) is 0 Å². The molecule has 1 aliphatic rings. The van der Waals surface area contributed by atoms with E-state index >= 15 is 0 Å². The van der Waals surface area contributed by atoms with Gasteiger partial charge in [-0.25, -0.2) is 0 Å². The quantitative estimate of drug-likeness (QED) is 0.817. The minimum Gasteiger partial charge on any atom is -0.307 e. The Morgan fingerprint density at radius 2 is 2.06 bits per heavy atom. The lowest BCUT2D eigenvalue weighted by atomic mass is 9.90. The number of nitrogens with zero attached hydrogens (tertiary/aromatic N) is 1. The second-order valence-corrected chi connectivity index (χ2v) is 4.45. The minimum absolute atomic E-state index is 0.353. The third kappa shape index (κ3) is 2.84. The van der Waals surface area contributed by atoms with Crippen molar-refractivity contribution in [3.63, 3.8) is 0 Å². The van der Waals surface area contributed by atoms with Crippen molar-refractivity contribution < 1.29 is 0 Å². The molecule has 2 heteroatoms. The van der Waals surface area contributed by atoms with E-state index in [1.807, 2.05) is 6.07 Å². The predicted octanol–water partition coefficient (Wildman–Crippen LogP) is 3.17. The highest BCUT2D eigenvalue weighted by Crippen LogP contribution is 2.25. The maximum Gasteiger partial charge on any atom is 0.0622 e. The van der Waals surface area contributed by atoms with E-state index in [2.05, 4.69) is 35.7 Å². The Kier molecular flexibility index (Phi) is 3.96. The highest BCUT2D eigenvalue weighted by Gasteiger charge is 2.21. The Bertz CT molecular complexity index is 349. The van der Waals surface area contributed by atoms with Crippen LogP contribution in [0.1, 0.15) is 43.7 Å². The van der Waals surface area contributed by atoms with E-state index in [4.69, 9.17) is 5.26 Å². The van der Waals surface area contributed by atoms with Gasteiger partial charge in [0.2, 0.25) is 0 Å². The van der Waals surface area contributed by atoms with Crippen LogP contribution >= 0.6 is 0 Å². The molecule has 0 amide bonds. The summed E-state index contributed by atoms with van der Waals surface area (Å²) in [7, 11) is 0. The Hall–Kier alpha value is -1.33. The molecular weight excluding hydrogens is 196 g/mol. The van der Waals surface area contributed by atoms with Crippen LogP contribution < -0.4 is 5.32 Å². The molecule has 1 aromatic carbocycles. The van der Waals surface area contributed by atoms with E-state index in [1.54, 1.807) is 0 Å². The third-order valence-corrected chi connectivity index (χ3v) is 3.29. The van der Waals surface area contributed by atoms with Crippen molar-refractivity contribution in [2.45, 2.75) is 44.2 Å². The summed E-state index contributed by atoms with van der Waals surface area (Å²) in [6, 6.07) is 13.7. The average Bonchev–Trinajstić information content (AvgIpc) is 2.28. The van der Waals surface area contributed by atoms with Gasteiger partial charge in [-0.1, -0.05) is 36.8 Å². The van der Waals surface area contributed by atoms with Crippen molar-refractivity contribution in [1.29, 1.82) is 5.26 Å². The maximum absolute atomic E-state index is 8.69. The lowest BCUT2D eigenvalue weighted by Gasteiger charge is -2.31. The average molecular weight is 214 g/mol. The second-order valence-electron chi connectivity index (χ2n) is 4.45. The highest BCUT2D eigenvalue weighted by atomic mass is 15.0. The molecule has 0 bridgehead atoms. The normalized spacial score (nSPS) is 17.4. The molecule has 0 spiro atoms. The van der Waals surface area contributed by atoms with E-state index in [1.165, 1.54) is 24.8 Å². The van der Waals surface area contributed by atoms with Gasteiger partial charge in [-0.3, -0.25) is 0 Å². The fraction of sp³-hybridized carbons (Fsp3) is 0.500. The molecule has 1 fully saturated rings. The van der Waals surface area contributed by atoms with Crippen LogP contribution in [-0.2, 0) is 0 Å². The summed E-state index contributed by atoms with van der Waals surface area (Å²) in [5.41, 5.74) is 1.31. The predicted molar refractivity (Wildman–Crippen MR) is 64.8 cm³/mol. The maximum atomic E-state index is 8.69. The van der Waals surface area contributed by atoms with Crippen LogP contribution in [0.5, 0.6) is 0 Å². The fourth-order valence-corrected chi connectivity index (χ4v) is 2.10. The number of rotatable bonds is 5. The summed E-state index contributed by atoms with van der Waals surface area (Å²) in [6.45, 7) is 0. The first-order valence-corrected chi connectivity index (χ1v) is 6.08. The molecule has 0 radical (unpaired) electrons. The Labute approximate surface area is 97.3 Å². The molecule has 1 saturated carbocycles. The van der Waals surface area contributed by atoms with E-state index in [0.717, 1.165) is 6.42 Å². The highest BCUT2D eigenvalue weighted by molar-refractivity contribution is 5.19. The molecule has 16 heavy (non-hydrogen) atoms. The van der Waals surface area contributed by atoms with Gasteiger partial charge in [0, 0.05) is 18.5 Å². The molecule has 0 aromatic heterocycles. The molecule has 84 valence electrons.